The Kier molecular flexibility index (Phi) is 4.24. The Morgan fingerprint density at radius 2 is 1.79 bits per heavy atom. The summed E-state index contributed by atoms with van der Waals surface area (Å²) >= 11 is 1.65. The van der Waals surface area contributed by atoms with E-state index in [9.17, 15) is 9.59 Å². The number of aromatic nitrogens is 1. The predicted molar refractivity (Wildman–Crippen MR) is 109 cm³/mol. The van der Waals surface area contributed by atoms with Gasteiger partial charge in [-0.15, -0.1) is 0 Å². The van der Waals surface area contributed by atoms with E-state index in [0.717, 1.165) is 21.0 Å². The van der Waals surface area contributed by atoms with Crippen molar-refractivity contribution in [3.05, 3.63) is 54.6 Å². The quantitative estimate of drug-likeness (QED) is 0.638. The molecule has 6 nitrogen and oxygen atoms in total. The number of carbonyl (C=O) groups excluding carboxylic acids is 2. The number of rotatable bonds is 4. The van der Waals surface area contributed by atoms with E-state index in [0.29, 0.717) is 19.6 Å². The first-order valence-corrected chi connectivity index (χ1v) is 10.2. The Hall–Kier alpha value is -2.93. The van der Waals surface area contributed by atoms with Crippen LogP contribution in [0.25, 0.3) is 10.2 Å². The van der Waals surface area contributed by atoms with Gasteiger partial charge in [-0.2, -0.15) is 0 Å². The number of thiazole rings is 1. The van der Waals surface area contributed by atoms with E-state index in [4.69, 9.17) is 4.74 Å². The maximum Gasteiger partial charge on any atom is 0.311 e. The summed E-state index contributed by atoms with van der Waals surface area (Å²) in [4.78, 5) is 33.2. The molecule has 1 aromatic heterocycles. The molecule has 142 valence electrons. The number of nitrogens with zero attached hydrogens (tertiary/aromatic N) is 3. The van der Waals surface area contributed by atoms with Gasteiger partial charge in [0.2, 0.25) is 5.91 Å². The summed E-state index contributed by atoms with van der Waals surface area (Å²) in [6.45, 7) is 1.68. The number of fused-ring (bicyclic) bond motifs is 1. The highest BCUT2D eigenvalue weighted by Gasteiger charge is 2.39. The molecule has 0 aliphatic carbocycles. The zero-order valence-corrected chi connectivity index (χ0v) is 16.0. The van der Waals surface area contributed by atoms with Crippen molar-refractivity contribution in [2.45, 2.75) is 12.5 Å². The molecule has 0 N–H and O–H groups in total. The van der Waals surface area contributed by atoms with Crippen molar-refractivity contribution in [1.29, 1.82) is 0 Å². The lowest BCUT2D eigenvalue weighted by Crippen LogP contribution is -2.53. The molecule has 0 saturated carbocycles. The molecule has 5 rings (SSSR count). The first-order chi connectivity index (χ1) is 13.7. The topological polar surface area (TPSA) is 62.7 Å². The summed E-state index contributed by atoms with van der Waals surface area (Å²) in [5, 5.41) is 0.958. The molecule has 2 aliphatic rings. The number of ether oxygens (including phenoxy) is 1. The van der Waals surface area contributed by atoms with Crippen LogP contribution in [0.15, 0.2) is 54.6 Å². The fraction of sp³-hybridized carbons (Fsp3) is 0.286. The Morgan fingerprint density at radius 3 is 2.57 bits per heavy atom. The Bertz CT molecular complexity index is 997. The standard InChI is InChI=1S/C21H19N3O3S/c25-19-10-14(11-24(19)15-6-2-1-3-7-15)20(26)27-16-12-23(13-16)21-22-17-8-4-5-9-18(17)28-21/h1-9,14,16H,10-13H2. The molecule has 1 atom stereocenters. The van der Waals surface area contributed by atoms with Gasteiger partial charge < -0.3 is 14.5 Å². The van der Waals surface area contributed by atoms with Crippen molar-refractivity contribution in [2.75, 3.05) is 29.4 Å². The van der Waals surface area contributed by atoms with Gasteiger partial charge in [-0.05, 0) is 24.3 Å². The van der Waals surface area contributed by atoms with Crippen LogP contribution in [0, 0.1) is 5.92 Å². The van der Waals surface area contributed by atoms with Gasteiger partial charge in [-0.3, -0.25) is 9.59 Å². The fourth-order valence-corrected chi connectivity index (χ4v) is 4.63. The zero-order chi connectivity index (χ0) is 19.1. The summed E-state index contributed by atoms with van der Waals surface area (Å²) in [6, 6.07) is 17.5. The van der Waals surface area contributed by atoms with Gasteiger partial charge in [-0.1, -0.05) is 41.7 Å². The highest BCUT2D eigenvalue weighted by Crippen LogP contribution is 2.32. The van der Waals surface area contributed by atoms with Crippen molar-refractivity contribution in [3.8, 4) is 0 Å². The van der Waals surface area contributed by atoms with Gasteiger partial charge in [0.15, 0.2) is 5.13 Å². The summed E-state index contributed by atoms with van der Waals surface area (Å²) in [7, 11) is 0. The second-order valence-corrected chi connectivity index (χ2v) is 8.18. The fourth-order valence-electron chi connectivity index (χ4n) is 3.65. The van der Waals surface area contributed by atoms with Crippen molar-refractivity contribution in [2.24, 2.45) is 5.92 Å². The van der Waals surface area contributed by atoms with Gasteiger partial charge in [0.05, 0.1) is 29.2 Å². The molecular formula is C21H19N3O3S. The number of hydrogen-bond donors (Lipinski definition) is 0. The van der Waals surface area contributed by atoms with Crippen LogP contribution >= 0.6 is 11.3 Å². The highest BCUT2D eigenvalue weighted by molar-refractivity contribution is 7.22. The zero-order valence-electron chi connectivity index (χ0n) is 15.2. The number of amides is 1. The van der Waals surface area contributed by atoms with Gasteiger partial charge in [0.25, 0.3) is 0 Å². The maximum absolute atomic E-state index is 12.5. The van der Waals surface area contributed by atoms with E-state index >= 15 is 0 Å². The largest absolute Gasteiger partial charge is 0.458 e. The lowest BCUT2D eigenvalue weighted by molar-refractivity contribution is -0.154. The smallest absolute Gasteiger partial charge is 0.311 e. The van der Waals surface area contributed by atoms with E-state index in [1.807, 2.05) is 48.5 Å². The molecule has 0 radical (unpaired) electrons. The maximum atomic E-state index is 12.5. The molecule has 1 unspecified atom stereocenters. The normalized spacial score (nSPS) is 19.9. The van der Waals surface area contributed by atoms with Crippen molar-refractivity contribution < 1.29 is 14.3 Å². The molecule has 3 aromatic rings. The van der Waals surface area contributed by atoms with Crippen LogP contribution in [0.5, 0.6) is 0 Å². The van der Waals surface area contributed by atoms with Crippen molar-refractivity contribution in [1.82, 2.24) is 4.98 Å². The monoisotopic (exact) mass is 393 g/mol. The summed E-state index contributed by atoms with van der Waals surface area (Å²) in [6.07, 6.45) is 0.0718. The van der Waals surface area contributed by atoms with E-state index in [1.165, 1.54) is 0 Å². The average Bonchev–Trinajstić information content (AvgIpc) is 3.28. The molecule has 0 spiro atoms. The van der Waals surface area contributed by atoms with E-state index < -0.39 is 5.92 Å². The van der Waals surface area contributed by atoms with Crippen LogP contribution in [-0.4, -0.2) is 42.6 Å². The lowest BCUT2D eigenvalue weighted by atomic mass is 10.1. The van der Waals surface area contributed by atoms with Crippen LogP contribution in [0.3, 0.4) is 0 Å². The minimum atomic E-state index is -0.399. The van der Waals surface area contributed by atoms with Crippen LogP contribution in [0.2, 0.25) is 0 Å². The third-order valence-electron chi connectivity index (χ3n) is 5.21. The van der Waals surface area contributed by atoms with Crippen LogP contribution in [-0.2, 0) is 14.3 Å². The summed E-state index contributed by atoms with van der Waals surface area (Å²) in [5.41, 5.74) is 1.82. The minimum absolute atomic E-state index is 0.0298. The number of benzene rings is 2. The van der Waals surface area contributed by atoms with Crippen LogP contribution in [0.1, 0.15) is 6.42 Å². The molecule has 2 aromatic carbocycles. The molecule has 2 saturated heterocycles. The van der Waals surface area contributed by atoms with Gasteiger partial charge in [0.1, 0.15) is 6.10 Å². The number of hydrogen-bond acceptors (Lipinski definition) is 6. The summed E-state index contributed by atoms with van der Waals surface area (Å²) in [5.74, 6) is -0.706. The second-order valence-electron chi connectivity index (χ2n) is 7.17. The number of anilines is 2. The predicted octanol–water partition coefficient (Wildman–Crippen LogP) is 3.08. The third-order valence-corrected chi connectivity index (χ3v) is 6.31. The average molecular weight is 393 g/mol. The third kappa shape index (κ3) is 3.11. The first kappa shape index (κ1) is 17.2. The Balaban J connectivity index is 1.17. The molecule has 3 heterocycles. The minimum Gasteiger partial charge on any atom is -0.458 e. The molecule has 1 amide bonds. The Labute approximate surface area is 166 Å². The first-order valence-electron chi connectivity index (χ1n) is 9.34. The highest BCUT2D eigenvalue weighted by atomic mass is 32.1. The molecule has 28 heavy (non-hydrogen) atoms. The second kappa shape index (κ2) is 6.91. The number of carbonyl (C=O) groups is 2. The van der Waals surface area contributed by atoms with Gasteiger partial charge in [0, 0.05) is 18.7 Å². The van der Waals surface area contributed by atoms with Crippen molar-refractivity contribution >= 4 is 44.2 Å². The summed E-state index contributed by atoms with van der Waals surface area (Å²) < 4.78 is 6.80. The SMILES string of the molecule is O=C(OC1CN(c2nc3ccccc3s2)C1)C1CC(=O)N(c2ccccc2)C1. The molecular weight excluding hydrogens is 374 g/mol. The van der Waals surface area contributed by atoms with E-state index in [-0.39, 0.29) is 24.4 Å². The van der Waals surface area contributed by atoms with Crippen LogP contribution < -0.4 is 9.80 Å². The van der Waals surface area contributed by atoms with Crippen molar-refractivity contribution in [3.63, 3.8) is 0 Å². The molecule has 7 heteroatoms. The molecule has 2 aliphatic heterocycles. The lowest BCUT2D eigenvalue weighted by Gasteiger charge is -2.38. The van der Waals surface area contributed by atoms with E-state index in [1.54, 1.807) is 16.2 Å². The van der Waals surface area contributed by atoms with E-state index in [2.05, 4.69) is 16.0 Å². The van der Waals surface area contributed by atoms with Crippen LogP contribution in [0.4, 0.5) is 10.8 Å². The van der Waals surface area contributed by atoms with Gasteiger partial charge >= 0.3 is 5.97 Å². The van der Waals surface area contributed by atoms with Gasteiger partial charge in [-0.25, -0.2) is 4.98 Å². The Morgan fingerprint density at radius 1 is 1.04 bits per heavy atom. The molecule has 2 fully saturated rings. The number of para-hydroxylation sites is 2. The molecule has 0 bridgehead atoms. The number of esters is 1.